The van der Waals surface area contributed by atoms with Crippen molar-refractivity contribution in [3.63, 3.8) is 0 Å². The first kappa shape index (κ1) is 14.5. The van der Waals surface area contributed by atoms with E-state index in [1.807, 2.05) is 18.2 Å². The van der Waals surface area contributed by atoms with E-state index in [-0.39, 0.29) is 12.4 Å². The Morgan fingerprint density at radius 2 is 1.59 bits per heavy atom. The molecule has 1 aliphatic carbocycles. The highest BCUT2D eigenvalue weighted by atomic mass is 16.5. The van der Waals surface area contributed by atoms with E-state index in [1.165, 1.54) is 17.5 Å². The molecule has 0 radical (unpaired) electrons. The summed E-state index contributed by atoms with van der Waals surface area (Å²) in [5.74, 6) is -0.621. The highest BCUT2D eigenvalue weighted by Gasteiger charge is 2.15. The summed E-state index contributed by atoms with van der Waals surface area (Å²) in [7, 11) is 0. The lowest BCUT2D eigenvalue weighted by molar-refractivity contribution is 0.0474. The van der Waals surface area contributed by atoms with Crippen molar-refractivity contribution in [2.45, 2.75) is 25.7 Å². The number of carbonyl (C=O) groups excluding carboxylic acids is 2. The SMILES string of the molecule is O=C(COC(=O)c1ccc2c(c1)CCCC2)c1ccccc1. The number of ether oxygens (including phenoxy) is 1. The molecule has 112 valence electrons. The quantitative estimate of drug-likeness (QED) is 0.639. The number of hydrogen-bond donors (Lipinski definition) is 0. The molecule has 0 bridgehead atoms. The highest BCUT2D eigenvalue weighted by Crippen LogP contribution is 2.22. The van der Waals surface area contributed by atoms with Crippen LogP contribution in [0.4, 0.5) is 0 Å². The van der Waals surface area contributed by atoms with Gasteiger partial charge < -0.3 is 4.74 Å². The third-order valence-corrected chi connectivity index (χ3v) is 4.01. The molecule has 2 aromatic rings. The van der Waals surface area contributed by atoms with E-state index in [0.717, 1.165) is 19.3 Å². The van der Waals surface area contributed by atoms with Gasteiger partial charge in [0.15, 0.2) is 12.4 Å². The van der Waals surface area contributed by atoms with E-state index >= 15 is 0 Å². The van der Waals surface area contributed by atoms with Gasteiger partial charge in [0.2, 0.25) is 0 Å². The van der Waals surface area contributed by atoms with Gasteiger partial charge in [-0.15, -0.1) is 0 Å². The fourth-order valence-corrected chi connectivity index (χ4v) is 2.78. The summed E-state index contributed by atoms with van der Waals surface area (Å²) in [6, 6.07) is 14.6. The van der Waals surface area contributed by atoms with Gasteiger partial charge in [-0.3, -0.25) is 4.79 Å². The Balaban J connectivity index is 1.64. The van der Waals surface area contributed by atoms with Crippen molar-refractivity contribution in [1.29, 1.82) is 0 Å². The second kappa shape index (κ2) is 6.56. The van der Waals surface area contributed by atoms with Crippen LogP contribution in [0.25, 0.3) is 0 Å². The zero-order valence-corrected chi connectivity index (χ0v) is 12.4. The van der Waals surface area contributed by atoms with Gasteiger partial charge in [0.05, 0.1) is 5.56 Å². The molecule has 0 unspecified atom stereocenters. The normalized spacial score (nSPS) is 13.3. The molecule has 1 aliphatic rings. The minimum absolute atomic E-state index is 0.188. The molecule has 3 nitrogen and oxygen atoms in total. The molecule has 0 N–H and O–H groups in total. The molecule has 22 heavy (non-hydrogen) atoms. The molecule has 0 amide bonds. The third-order valence-electron chi connectivity index (χ3n) is 4.01. The fraction of sp³-hybridized carbons (Fsp3) is 0.263. The van der Waals surface area contributed by atoms with E-state index in [0.29, 0.717) is 11.1 Å². The largest absolute Gasteiger partial charge is 0.454 e. The Hall–Kier alpha value is -2.42. The Labute approximate surface area is 129 Å². The number of carbonyl (C=O) groups is 2. The molecule has 0 spiro atoms. The van der Waals surface area contributed by atoms with Gasteiger partial charge in [0.1, 0.15) is 0 Å². The minimum atomic E-state index is -0.433. The van der Waals surface area contributed by atoms with Gasteiger partial charge >= 0.3 is 5.97 Å². The van der Waals surface area contributed by atoms with E-state index in [2.05, 4.69) is 0 Å². The average molecular weight is 294 g/mol. The molecule has 0 saturated heterocycles. The summed E-state index contributed by atoms with van der Waals surface area (Å²) in [6.07, 6.45) is 4.47. The van der Waals surface area contributed by atoms with Gasteiger partial charge in [0, 0.05) is 5.56 Å². The summed E-state index contributed by atoms with van der Waals surface area (Å²) >= 11 is 0. The van der Waals surface area contributed by atoms with Gasteiger partial charge in [-0.25, -0.2) is 4.79 Å². The average Bonchev–Trinajstić information content (AvgIpc) is 2.59. The second-order valence-corrected chi connectivity index (χ2v) is 5.56. The number of hydrogen-bond acceptors (Lipinski definition) is 3. The number of ketones is 1. The molecule has 2 aromatic carbocycles. The molecule has 0 atom stereocenters. The lowest BCUT2D eigenvalue weighted by Crippen LogP contribution is -2.15. The number of Topliss-reactive ketones (excluding diaryl/α,β-unsaturated/α-hetero) is 1. The van der Waals surface area contributed by atoms with Crippen LogP contribution < -0.4 is 0 Å². The molecule has 0 heterocycles. The zero-order chi connectivity index (χ0) is 15.4. The van der Waals surface area contributed by atoms with Gasteiger partial charge in [-0.1, -0.05) is 36.4 Å². The first-order valence-electron chi connectivity index (χ1n) is 7.61. The van der Waals surface area contributed by atoms with Crippen LogP contribution in [0, 0.1) is 0 Å². The Morgan fingerprint density at radius 1 is 0.864 bits per heavy atom. The first-order chi connectivity index (χ1) is 10.7. The van der Waals surface area contributed by atoms with Crippen molar-refractivity contribution < 1.29 is 14.3 Å². The van der Waals surface area contributed by atoms with Crippen LogP contribution in [-0.4, -0.2) is 18.4 Å². The number of benzene rings is 2. The summed E-state index contributed by atoms with van der Waals surface area (Å²) in [5.41, 5.74) is 3.64. The molecule has 0 aliphatic heterocycles. The lowest BCUT2D eigenvalue weighted by Gasteiger charge is -2.16. The molecular formula is C19H18O3. The highest BCUT2D eigenvalue weighted by molar-refractivity contribution is 5.99. The first-order valence-corrected chi connectivity index (χ1v) is 7.61. The fourth-order valence-electron chi connectivity index (χ4n) is 2.78. The molecular weight excluding hydrogens is 276 g/mol. The molecule has 0 aromatic heterocycles. The number of aryl methyl sites for hydroxylation is 2. The van der Waals surface area contributed by atoms with Crippen molar-refractivity contribution in [1.82, 2.24) is 0 Å². The molecule has 0 fully saturated rings. The van der Waals surface area contributed by atoms with Crippen LogP contribution >= 0.6 is 0 Å². The standard InChI is InChI=1S/C19H18O3/c20-18(15-7-2-1-3-8-15)13-22-19(21)17-11-10-14-6-4-5-9-16(14)12-17/h1-3,7-8,10-12H,4-6,9,13H2. The maximum Gasteiger partial charge on any atom is 0.338 e. The van der Waals surface area contributed by atoms with E-state index < -0.39 is 5.97 Å². The van der Waals surface area contributed by atoms with Crippen LogP contribution in [0.5, 0.6) is 0 Å². The van der Waals surface area contributed by atoms with Gasteiger partial charge in [-0.05, 0) is 48.9 Å². The summed E-state index contributed by atoms with van der Waals surface area (Å²) in [4.78, 5) is 24.0. The monoisotopic (exact) mass is 294 g/mol. The maximum absolute atomic E-state index is 12.1. The summed E-state index contributed by atoms with van der Waals surface area (Å²) in [5, 5.41) is 0. The Morgan fingerprint density at radius 3 is 2.36 bits per heavy atom. The minimum Gasteiger partial charge on any atom is -0.454 e. The topological polar surface area (TPSA) is 43.4 Å². The van der Waals surface area contributed by atoms with Crippen LogP contribution in [-0.2, 0) is 17.6 Å². The van der Waals surface area contributed by atoms with Crippen LogP contribution in [0.3, 0.4) is 0 Å². The predicted octanol–water partition coefficient (Wildman–Crippen LogP) is 3.61. The third kappa shape index (κ3) is 3.25. The maximum atomic E-state index is 12.1. The van der Waals surface area contributed by atoms with E-state index in [4.69, 9.17) is 4.74 Å². The van der Waals surface area contributed by atoms with Gasteiger partial charge in [-0.2, -0.15) is 0 Å². The van der Waals surface area contributed by atoms with E-state index in [9.17, 15) is 9.59 Å². The number of rotatable bonds is 4. The van der Waals surface area contributed by atoms with Crippen molar-refractivity contribution in [3.8, 4) is 0 Å². The van der Waals surface area contributed by atoms with Gasteiger partial charge in [0.25, 0.3) is 0 Å². The summed E-state index contributed by atoms with van der Waals surface area (Å²) in [6.45, 7) is -0.222. The van der Waals surface area contributed by atoms with Crippen LogP contribution in [0.1, 0.15) is 44.7 Å². The second-order valence-electron chi connectivity index (χ2n) is 5.56. The lowest BCUT2D eigenvalue weighted by atomic mass is 9.90. The number of fused-ring (bicyclic) bond motifs is 1. The van der Waals surface area contributed by atoms with Crippen molar-refractivity contribution >= 4 is 11.8 Å². The molecule has 3 rings (SSSR count). The molecule has 3 heteroatoms. The van der Waals surface area contributed by atoms with Crippen LogP contribution in [0.15, 0.2) is 48.5 Å². The van der Waals surface area contributed by atoms with E-state index in [1.54, 1.807) is 30.3 Å². The summed E-state index contributed by atoms with van der Waals surface area (Å²) < 4.78 is 5.15. The van der Waals surface area contributed by atoms with Crippen molar-refractivity contribution in [2.24, 2.45) is 0 Å². The smallest absolute Gasteiger partial charge is 0.338 e. The van der Waals surface area contributed by atoms with Crippen molar-refractivity contribution in [2.75, 3.05) is 6.61 Å². The predicted molar refractivity (Wildman–Crippen MR) is 84.1 cm³/mol. The number of esters is 1. The van der Waals surface area contributed by atoms with Crippen molar-refractivity contribution in [3.05, 3.63) is 70.8 Å². The van der Waals surface area contributed by atoms with Crippen LogP contribution in [0.2, 0.25) is 0 Å². The Kier molecular flexibility index (Phi) is 4.33. The molecule has 0 saturated carbocycles. The zero-order valence-electron chi connectivity index (χ0n) is 12.4. The Bertz CT molecular complexity index is 689.